The van der Waals surface area contributed by atoms with E-state index >= 15 is 0 Å². The van der Waals surface area contributed by atoms with Crippen LogP contribution in [0.25, 0.3) is 0 Å². The molecule has 0 atom stereocenters. The maximum absolute atomic E-state index is 13.0. The lowest BCUT2D eigenvalue weighted by molar-refractivity contribution is -0.142. The fourth-order valence-electron chi connectivity index (χ4n) is 3.95. The molecule has 0 unspecified atom stereocenters. The third-order valence-corrected chi connectivity index (χ3v) is 5.41. The quantitative estimate of drug-likeness (QED) is 0.923. The Kier molecular flexibility index (Phi) is 4.48. The van der Waals surface area contributed by atoms with E-state index in [1.165, 1.54) is 5.56 Å². The van der Waals surface area contributed by atoms with Crippen molar-refractivity contribution in [2.75, 3.05) is 27.3 Å². The molecule has 1 heterocycles. The molecule has 126 valence electrons. The van der Waals surface area contributed by atoms with Crippen LogP contribution in [-0.4, -0.2) is 38.1 Å². The molecular weight excluding hydrogens is 292 g/mol. The van der Waals surface area contributed by atoms with E-state index in [1.807, 2.05) is 17.0 Å². The van der Waals surface area contributed by atoms with Crippen LogP contribution in [0.4, 0.5) is 0 Å². The van der Waals surface area contributed by atoms with Crippen molar-refractivity contribution in [3.05, 3.63) is 23.3 Å². The molecule has 5 nitrogen and oxygen atoms in total. The number of carbonyl (C=O) groups excluding carboxylic acids is 1. The molecule has 0 saturated heterocycles. The minimum Gasteiger partial charge on any atom is -0.493 e. The molecule has 1 aromatic rings. The summed E-state index contributed by atoms with van der Waals surface area (Å²) in [5.74, 6) is 1.70. The Bertz CT molecular complexity index is 594. The molecule has 2 aliphatic rings. The molecular formula is C18H26N2O3. The zero-order valence-corrected chi connectivity index (χ0v) is 14.1. The van der Waals surface area contributed by atoms with Crippen LogP contribution >= 0.6 is 0 Å². The first kappa shape index (κ1) is 16.1. The van der Waals surface area contributed by atoms with Gasteiger partial charge in [0.25, 0.3) is 0 Å². The van der Waals surface area contributed by atoms with Crippen molar-refractivity contribution in [3.8, 4) is 11.5 Å². The summed E-state index contributed by atoms with van der Waals surface area (Å²) in [6.45, 7) is 1.85. The number of hydrogen-bond donors (Lipinski definition) is 1. The monoisotopic (exact) mass is 318 g/mol. The highest BCUT2D eigenvalue weighted by molar-refractivity contribution is 5.83. The first-order chi connectivity index (χ1) is 11.1. The van der Waals surface area contributed by atoms with Crippen LogP contribution in [0, 0.1) is 5.41 Å². The van der Waals surface area contributed by atoms with E-state index in [-0.39, 0.29) is 11.3 Å². The third kappa shape index (κ3) is 2.78. The number of hydrogen-bond acceptors (Lipinski definition) is 4. The second-order valence-corrected chi connectivity index (χ2v) is 6.64. The third-order valence-electron chi connectivity index (χ3n) is 5.41. The molecule has 3 rings (SSSR count). The summed E-state index contributed by atoms with van der Waals surface area (Å²) in [6.07, 6.45) is 4.92. The predicted octanol–water partition coefficient (Wildman–Crippen LogP) is 2.11. The highest BCUT2D eigenvalue weighted by Gasteiger charge is 2.42. The lowest BCUT2D eigenvalue weighted by atomic mass is 9.83. The topological polar surface area (TPSA) is 64.8 Å². The van der Waals surface area contributed by atoms with Gasteiger partial charge in [-0.15, -0.1) is 0 Å². The number of amides is 1. The van der Waals surface area contributed by atoms with E-state index in [4.69, 9.17) is 15.2 Å². The summed E-state index contributed by atoms with van der Waals surface area (Å²) in [4.78, 5) is 15.0. The van der Waals surface area contributed by atoms with Gasteiger partial charge in [-0.25, -0.2) is 0 Å². The fraction of sp³-hybridized carbons (Fsp3) is 0.611. The summed E-state index contributed by atoms with van der Waals surface area (Å²) < 4.78 is 10.8. The van der Waals surface area contributed by atoms with E-state index < -0.39 is 0 Å². The Hall–Kier alpha value is -1.75. The number of benzene rings is 1. The van der Waals surface area contributed by atoms with Gasteiger partial charge in [0.1, 0.15) is 0 Å². The normalized spacial score (nSPS) is 19.3. The maximum atomic E-state index is 13.0. The zero-order chi connectivity index (χ0) is 16.4. The SMILES string of the molecule is COc1cc2c(cc1OC)CN(C(=O)C1(CN)CCCC1)CC2. The molecule has 1 aliphatic heterocycles. The van der Waals surface area contributed by atoms with Gasteiger partial charge in [0.05, 0.1) is 19.6 Å². The van der Waals surface area contributed by atoms with Gasteiger partial charge in [-0.05, 0) is 42.5 Å². The van der Waals surface area contributed by atoms with Crippen LogP contribution in [0.2, 0.25) is 0 Å². The van der Waals surface area contributed by atoms with Crippen molar-refractivity contribution in [1.29, 1.82) is 0 Å². The number of carbonyl (C=O) groups is 1. The minimum atomic E-state index is -0.325. The van der Waals surface area contributed by atoms with Crippen molar-refractivity contribution in [2.24, 2.45) is 11.1 Å². The van der Waals surface area contributed by atoms with Crippen LogP contribution < -0.4 is 15.2 Å². The fourth-order valence-corrected chi connectivity index (χ4v) is 3.95. The number of methoxy groups -OCH3 is 2. The van der Waals surface area contributed by atoms with Gasteiger partial charge in [0.2, 0.25) is 5.91 Å². The first-order valence-electron chi connectivity index (χ1n) is 8.37. The van der Waals surface area contributed by atoms with E-state index in [0.717, 1.165) is 55.7 Å². The van der Waals surface area contributed by atoms with E-state index in [1.54, 1.807) is 14.2 Å². The number of ether oxygens (including phenoxy) is 2. The van der Waals surface area contributed by atoms with Crippen LogP contribution in [0.1, 0.15) is 36.8 Å². The Morgan fingerprint density at radius 1 is 1.17 bits per heavy atom. The van der Waals surface area contributed by atoms with Gasteiger partial charge in [-0.1, -0.05) is 12.8 Å². The molecule has 1 amide bonds. The molecule has 1 fully saturated rings. The highest BCUT2D eigenvalue weighted by Crippen LogP contribution is 2.40. The summed E-state index contributed by atoms with van der Waals surface area (Å²) in [5, 5.41) is 0. The van der Waals surface area contributed by atoms with Gasteiger partial charge in [0.15, 0.2) is 11.5 Å². The largest absolute Gasteiger partial charge is 0.493 e. The summed E-state index contributed by atoms with van der Waals surface area (Å²) in [6, 6.07) is 4.03. The molecule has 5 heteroatoms. The second kappa shape index (κ2) is 6.40. The molecule has 1 saturated carbocycles. The molecule has 23 heavy (non-hydrogen) atoms. The van der Waals surface area contributed by atoms with Crippen LogP contribution in [0.5, 0.6) is 11.5 Å². The minimum absolute atomic E-state index is 0.234. The Labute approximate surface area is 137 Å². The smallest absolute Gasteiger partial charge is 0.230 e. The Balaban J connectivity index is 1.83. The average Bonchev–Trinajstić information content (AvgIpc) is 3.09. The van der Waals surface area contributed by atoms with Crippen LogP contribution in [0.15, 0.2) is 12.1 Å². The zero-order valence-electron chi connectivity index (χ0n) is 14.1. The second-order valence-electron chi connectivity index (χ2n) is 6.64. The van der Waals surface area contributed by atoms with Crippen molar-refractivity contribution >= 4 is 5.91 Å². The lowest BCUT2D eigenvalue weighted by Crippen LogP contribution is -2.48. The maximum Gasteiger partial charge on any atom is 0.230 e. The van der Waals surface area contributed by atoms with Crippen LogP contribution in [-0.2, 0) is 17.8 Å². The van der Waals surface area contributed by atoms with Crippen molar-refractivity contribution in [2.45, 2.75) is 38.6 Å². The lowest BCUT2D eigenvalue weighted by Gasteiger charge is -2.36. The summed E-state index contributed by atoms with van der Waals surface area (Å²) in [7, 11) is 3.28. The molecule has 2 N–H and O–H groups in total. The Morgan fingerprint density at radius 3 is 2.35 bits per heavy atom. The number of fused-ring (bicyclic) bond motifs is 1. The molecule has 0 spiro atoms. The van der Waals surface area contributed by atoms with Gasteiger partial charge in [-0.3, -0.25) is 4.79 Å². The molecule has 0 aromatic heterocycles. The van der Waals surface area contributed by atoms with E-state index in [0.29, 0.717) is 13.1 Å². The van der Waals surface area contributed by atoms with Crippen molar-refractivity contribution in [1.82, 2.24) is 4.90 Å². The molecule has 0 bridgehead atoms. The highest BCUT2D eigenvalue weighted by atomic mass is 16.5. The molecule has 1 aliphatic carbocycles. The van der Waals surface area contributed by atoms with Crippen molar-refractivity contribution in [3.63, 3.8) is 0 Å². The molecule has 1 aromatic carbocycles. The van der Waals surface area contributed by atoms with Crippen LogP contribution in [0.3, 0.4) is 0 Å². The summed E-state index contributed by atoms with van der Waals surface area (Å²) in [5.41, 5.74) is 8.03. The summed E-state index contributed by atoms with van der Waals surface area (Å²) >= 11 is 0. The van der Waals surface area contributed by atoms with Gasteiger partial charge < -0.3 is 20.1 Å². The average molecular weight is 318 g/mol. The molecule has 0 radical (unpaired) electrons. The van der Waals surface area contributed by atoms with Gasteiger partial charge in [-0.2, -0.15) is 0 Å². The van der Waals surface area contributed by atoms with E-state index in [2.05, 4.69) is 0 Å². The standard InChI is InChI=1S/C18H26N2O3/c1-22-15-9-13-5-8-20(11-14(13)10-16(15)23-2)17(21)18(12-19)6-3-4-7-18/h9-10H,3-8,11-12,19H2,1-2H3. The van der Waals surface area contributed by atoms with Gasteiger partial charge in [0, 0.05) is 19.6 Å². The Morgan fingerprint density at radius 2 is 1.78 bits per heavy atom. The number of nitrogens with two attached hydrogens (primary N) is 1. The van der Waals surface area contributed by atoms with Crippen molar-refractivity contribution < 1.29 is 14.3 Å². The van der Waals surface area contributed by atoms with Gasteiger partial charge >= 0.3 is 0 Å². The predicted molar refractivity (Wildman–Crippen MR) is 88.6 cm³/mol. The number of nitrogens with zero attached hydrogens (tertiary/aromatic N) is 1. The van der Waals surface area contributed by atoms with E-state index in [9.17, 15) is 4.79 Å². The number of rotatable bonds is 4. The first-order valence-corrected chi connectivity index (χ1v) is 8.37.